The molecule has 1 aromatic carbocycles. The van der Waals surface area contributed by atoms with Crippen molar-refractivity contribution in [2.24, 2.45) is 0 Å². The van der Waals surface area contributed by atoms with Crippen LogP contribution in [0.5, 0.6) is 5.75 Å². The van der Waals surface area contributed by atoms with Gasteiger partial charge in [-0.3, -0.25) is 9.88 Å². The molecule has 0 spiro atoms. The molecule has 202 valence electrons. The monoisotopic (exact) mass is 541 g/mol. The Labute approximate surface area is 220 Å². The number of rotatable bonds is 8. The first-order chi connectivity index (χ1) is 18.7. The first kappa shape index (κ1) is 26.2. The van der Waals surface area contributed by atoms with E-state index in [4.69, 9.17) is 15.9 Å². The number of nitrogens with one attached hydrogen (secondary N) is 2. The Morgan fingerprint density at radius 2 is 1.92 bits per heavy atom. The molecule has 0 amide bonds. The van der Waals surface area contributed by atoms with Gasteiger partial charge in [-0.15, -0.1) is 9.78 Å². The van der Waals surface area contributed by atoms with Crippen molar-refractivity contribution in [2.45, 2.75) is 12.3 Å². The number of nitrogens with zero attached hydrogens (tertiary/aromatic N) is 5. The topological polar surface area (TPSA) is 117 Å². The van der Waals surface area contributed by atoms with Crippen molar-refractivity contribution in [3.05, 3.63) is 66.5 Å². The molecule has 4 heterocycles. The molecule has 4 N–H and O–H groups in total. The number of nitrogens with two attached hydrogens (primary N) is 1. The maximum Gasteiger partial charge on any atom is 0.273 e. The molecule has 9 nitrogen and oxygen atoms in total. The fourth-order valence-electron chi connectivity index (χ4n) is 4.28. The van der Waals surface area contributed by atoms with Crippen LogP contribution in [0.1, 0.15) is 6.42 Å². The summed E-state index contributed by atoms with van der Waals surface area (Å²) < 4.78 is 60.9. The van der Waals surface area contributed by atoms with Gasteiger partial charge in [0, 0.05) is 49.5 Å². The summed E-state index contributed by atoms with van der Waals surface area (Å²) >= 11 is 0. The number of aromatic nitrogens is 4. The second-order valence-corrected chi connectivity index (χ2v) is 9.14. The highest BCUT2D eigenvalue weighted by Crippen LogP contribution is 2.27. The van der Waals surface area contributed by atoms with Gasteiger partial charge in [0.2, 0.25) is 5.82 Å². The van der Waals surface area contributed by atoms with Crippen molar-refractivity contribution >= 4 is 28.4 Å². The van der Waals surface area contributed by atoms with Crippen molar-refractivity contribution in [1.29, 1.82) is 5.41 Å². The van der Waals surface area contributed by atoms with Crippen LogP contribution in [0, 0.1) is 17.0 Å². The highest BCUT2D eigenvalue weighted by atomic mass is 19.3. The van der Waals surface area contributed by atoms with E-state index in [1.165, 1.54) is 23.0 Å². The fourth-order valence-corrected chi connectivity index (χ4v) is 4.28. The molecular weight excluding hydrogens is 516 g/mol. The van der Waals surface area contributed by atoms with Gasteiger partial charge in [0.25, 0.3) is 11.8 Å². The predicted octanol–water partition coefficient (Wildman–Crippen LogP) is 3.50. The molecule has 0 saturated carbocycles. The number of pyridine rings is 2. The molecule has 39 heavy (non-hydrogen) atoms. The number of nitrogen functional groups attached to an aromatic ring is 1. The Morgan fingerprint density at radius 1 is 1.13 bits per heavy atom. The standard InChI is InChI=1S/C26H24F4N8O/c27-17-9-16(10-18(28)11-17)20-1-2-23(31)38(36-20)24(32)14-34-21-3-5-33-22-12-19(13-35-25(21)22)39-8-7-37-6-4-26(29,30)15-37/h1-3,5,9-13,31-32H,4,6-8,14-15H2,(H,33,34)/p+1. The molecule has 0 unspecified atom stereocenters. The summed E-state index contributed by atoms with van der Waals surface area (Å²) in [5.74, 6) is -3.52. The average molecular weight is 542 g/mol. The molecule has 1 aliphatic heterocycles. The van der Waals surface area contributed by atoms with E-state index in [1.54, 1.807) is 23.2 Å². The molecule has 0 aliphatic carbocycles. The molecule has 5 rings (SSSR count). The lowest BCUT2D eigenvalue weighted by molar-refractivity contribution is -0.608. The molecule has 3 aromatic heterocycles. The third-order valence-corrected chi connectivity index (χ3v) is 6.20. The molecule has 1 aliphatic rings. The van der Waals surface area contributed by atoms with E-state index in [0.29, 0.717) is 35.6 Å². The van der Waals surface area contributed by atoms with Crippen LogP contribution < -0.4 is 20.5 Å². The normalized spacial score (nSPS) is 15.0. The minimum Gasteiger partial charge on any atom is -0.491 e. The van der Waals surface area contributed by atoms with E-state index in [9.17, 15) is 17.6 Å². The molecule has 1 fully saturated rings. The van der Waals surface area contributed by atoms with Gasteiger partial charge in [0.15, 0.2) is 0 Å². The average Bonchev–Trinajstić information content (AvgIpc) is 3.25. The Balaban J connectivity index is 1.25. The molecule has 0 bridgehead atoms. The number of halogens is 4. The first-order valence-electron chi connectivity index (χ1n) is 12.1. The molecule has 1 saturated heterocycles. The van der Waals surface area contributed by atoms with E-state index in [-0.39, 0.29) is 49.0 Å². The van der Waals surface area contributed by atoms with Gasteiger partial charge in [-0.05, 0) is 24.3 Å². The largest absolute Gasteiger partial charge is 0.491 e. The summed E-state index contributed by atoms with van der Waals surface area (Å²) in [7, 11) is 0. The summed E-state index contributed by atoms with van der Waals surface area (Å²) in [6.45, 7) is 0.707. The van der Waals surface area contributed by atoms with Crippen molar-refractivity contribution < 1.29 is 27.0 Å². The highest BCUT2D eigenvalue weighted by Gasteiger charge is 2.37. The zero-order chi connectivity index (χ0) is 27.6. The van der Waals surface area contributed by atoms with Crippen LogP contribution >= 0.6 is 0 Å². The zero-order valence-electron chi connectivity index (χ0n) is 20.7. The maximum absolute atomic E-state index is 13.7. The minimum atomic E-state index is -2.64. The van der Waals surface area contributed by atoms with Crippen molar-refractivity contribution in [3.63, 3.8) is 0 Å². The maximum atomic E-state index is 13.7. The van der Waals surface area contributed by atoms with E-state index >= 15 is 0 Å². The van der Waals surface area contributed by atoms with Gasteiger partial charge in [-0.1, -0.05) is 0 Å². The number of likely N-dealkylation sites (tertiary alicyclic amines) is 1. The number of alkyl halides is 2. The highest BCUT2D eigenvalue weighted by molar-refractivity contribution is 5.89. The van der Waals surface area contributed by atoms with Crippen LogP contribution in [0.2, 0.25) is 0 Å². The number of hydrogen-bond donors (Lipinski definition) is 3. The minimum absolute atomic E-state index is 0.00233. The van der Waals surface area contributed by atoms with Gasteiger partial charge in [-0.25, -0.2) is 22.5 Å². The van der Waals surface area contributed by atoms with Gasteiger partial charge < -0.3 is 15.8 Å². The van der Waals surface area contributed by atoms with Gasteiger partial charge in [0.05, 0.1) is 23.9 Å². The lowest BCUT2D eigenvalue weighted by Gasteiger charge is -2.16. The van der Waals surface area contributed by atoms with E-state index in [2.05, 4.69) is 20.4 Å². The second kappa shape index (κ2) is 10.8. The quantitative estimate of drug-likeness (QED) is 0.135. The second-order valence-electron chi connectivity index (χ2n) is 9.14. The Kier molecular flexibility index (Phi) is 7.24. The van der Waals surface area contributed by atoms with Crippen molar-refractivity contribution in [2.75, 3.05) is 43.8 Å². The zero-order valence-corrected chi connectivity index (χ0v) is 20.7. The van der Waals surface area contributed by atoms with Crippen LogP contribution in [0.25, 0.3) is 22.3 Å². The van der Waals surface area contributed by atoms with Crippen molar-refractivity contribution in [3.8, 4) is 17.0 Å². The molecule has 13 heteroatoms. The SMILES string of the molecule is N=C(CNc1ccnc2cc(OCCN3CCC(F)(F)C3)cnc12)[n+]1nc(-c2cc(F)cc(F)c2)ccc1N. The fraction of sp³-hybridized carbons (Fsp3) is 0.269. The Bertz CT molecular complexity index is 1510. The third kappa shape index (κ3) is 6.20. The molecular formula is C26H25F4N8O+. The summed E-state index contributed by atoms with van der Waals surface area (Å²) in [6.07, 6.45) is 2.96. The summed E-state index contributed by atoms with van der Waals surface area (Å²) in [4.78, 5) is 10.4. The summed E-state index contributed by atoms with van der Waals surface area (Å²) in [5.41, 5.74) is 8.13. The molecule has 4 aromatic rings. The third-order valence-electron chi connectivity index (χ3n) is 6.20. The summed E-state index contributed by atoms with van der Waals surface area (Å²) in [5, 5.41) is 15.9. The Hall–Kier alpha value is -4.39. The van der Waals surface area contributed by atoms with E-state index in [0.717, 1.165) is 18.2 Å². The van der Waals surface area contributed by atoms with E-state index < -0.39 is 17.6 Å². The number of ether oxygens (including phenoxy) is 1. The smallest absolute Gasteiger partial charge is 0.273 e. The lowest BCUT2D eigenvalue weighted by atomic mass is 10.1. The molecule has 0 atom stereocenters. The predicted molar refractivity (Wildman–Crippen MR) is 137 cm³/mol. The Morgan fingerprint density at radius 3 is 2.67 bits per heavy atom. The molecule has 0 radical (unpaired) electrons. The summed E-state index contributed by atoms with van der Waals surface area (Å²) in [6, 6.07) is 9.47. The van der Waals surface area contributed by atoms with Crippen LogP contribution in [-0.2, 0) is 0 Å². The number of anilines is 2. The van der Waals surface area contributed by atoms with Gasteiger partial charge in [0.1, 0.15) is 41.7 Å². The van der Waals surface area contributed by atoms with Gasteiger partial charge >= 0.3 is 0 Å². The first-order valence-corrected chi connectivity index (χ1v) is 12.1. The number of fused-ring (bicyclic) bond motifs is 1. The lowest BCUT2D eigenvalue weighted by Crippen LogP contribution is -2.51. The van der Waals surface area contributed by atoms with Gasteiger partial charge in [-0.2, -0.15) is 5.41 Å². The number of benzene rings is 1. The van der Waals surface area contributed by atoms with E-state index in [1.807, 2.05) is 0 Å². The van der Waals surface area contributed by atoms with Crippen LogP contribution in [0.4, 0.5) is 29.1 Å². The van der Waals surface area contributed by atoms with Crippen molar-refractivity contribution in [1.82, 2.24) is 20.0 Å². The number of hydrogen-bond acceptors (Lipinski definition) is 8. The van der Waals surface area contributed by atoms with Crippen LogP contribution in [0.15, 0.2) is 54.9 Å². The van der Waals surface area contributed by atoms with Crippen LogP contribution in [-0.4, -0.2) is 64.5 Å². The van der Waals surface area contributed by atoms with Crippen LogP contribution in [0.3, 0.4) is 0 Å².